The van der Waals surface area contributed by atoms with E-state index in [2.05, 4.69) is 31.3 Å². The van der Waals surface area contributed by atoms with E-state index in [4.69, 9.17) is 9.47 Å². The van der Waals surface area contributed by atoms with Gasteiger partial charge in [-0.1, -0.05) is 36.4 Å². The summed E-state index contributed by atoms with van der Waals surface area (Å²) in [7, 11) is 0. The number of aliphatic hydroxyl groups excluding tert-OH is 1. The number of nitrogens with one attached hydrogen (secondary N) is 2. The molecule has 0 heterocycles. The van der Waals surface area contributed by atoms with E-state index in [1.54, 1.807) is 71.9 Å². The van der Waals surface area contributed by atoms with Crippen molar-refractivity contribution < 1.29 is 46.9 Å². The van der Waals surface area contributed by atoms with Crippen LogP contribution in [0.3, 0.4) is 0 Å². The van der Waals surface area contributed by atoms with Gasteiger partial charge in [0, 0.05) is 0 Å². The van der Waals surface area contributed by atoms with Gasteiger partial charge in [0.1, 0.15) is 17.0 Å². The van der Waals surface area contributed by atoms with Gasteiger partial charge in [-0.2, -0.15) is 0 Å². The van der Waals surface area contributed by atoms with Gasteiger partial charge in [-0.3, -0.25) is 4.79 Å². The third kappa shape index (κ3) is 12.0. The minimum absolute atomic E-state index is 0.00757. The molecular weight excluding hydrogens is 613 g/mol. The highest BCUT2D eigenvalue weighted by Crippen LogP contribution is 2.33. The Balaban J connectivity index is 2.41. The molecule has 0 saturated carbocycles. The fraction of sp³-hybridized carbons (Fsp3) is 0.464. The molecule has 2 rings (SSSR count). The Kier molecular flexibility index (Phi) is 11.2. The summed E-state index contributed by atoms with van der Waals surface area (Å²) in [5, 5.41) is 15.9. The zero-order valence-electron chi connectivity index (χ0n) is 23.5. The van der Waals surface area contributed by atoms with Gasteiger partial charge in [-0.05, 0) is 87.2 Å². The monoisotopic (exact) mass is 646 g/mol. The maximum Gasteiger partial charge on any atom is 0.573 e. The lowest BCUT2D eigenvalue weighted by Crippen LogP contribution is -2.53. The predicted molar refractivity (Wildman–Crippen MR) is 147 cm³/mol. The molecule has 2 amide bonds. The third-order valence-corrected chi connectivity index (χ3v) is 5.75. The zero-order chi connectivity index (χ0) is 31.2. The molecule has 0 saturated heterocycles. The Morgan fingerprint density at radius 3 is 2.02 bits per heavy atom. The number of aliphatic hydroxyl groups is 1. The first kappa shape index (κ1) is 33.9. The van der Waals surface area contributed by atoms with E-state index in [1.165, 1.54) is 12.1 Å². The SMILES string of the molecule is CC(C)(C)OC(=O)N[C@H](Cc1ccccc1)[C@H](O)C(=O)N[C@H](C(=O)OC(C)(C)C)c1ccc(Br)c(OC(F)(F)F)c1. The van der Waals surface area contributed by atoms with E-state index in [1.807, 2.05) is 0 Å². The smallest absolute Gasteiger partial charge is 0.458 e. The number of amides is 2. The van der Waals surface area contributed by atoms with Gasteiger partial charge in [0.2, 0.25) is 0 Å². The molecule has 0 unspecified atom stereocenters. The molecule has 0 aliphatic heterocycles. The molecule has 9 nitrogen and oxygen atoms in total. The van der Waals surface area contributed by atoms with Crippen molar-refractivity contribution in [2.24, 2.45) is 0 Å². The number of alkyl halides is 3. The lowest BCUT2D eigenvalue weighted by atomic mass is 9.99. The molecule has 0 aliphatic rings. The second-order valence-electron chi connectivity index (χ2n) is 11.1. The molecule has 0 aromatic heterocycles. The van der Waals surface area contributed by atoms with E-state index in [-0.39, 0.29) is 16.5 Å². The van der Waals surface area contributed by atoms with Crippen molar-refractivity contribution >= 4 is 33.9 Å². The summed E-state index contributed by atoms with van der Waals surface area (Å²) in [5.74, 6) is -2.76. The van der Waals surface area contributed by atoms with Crippen LogP contribution in [0.15, 0.2) is 53.0 Å². The summed E-state index contributed by atoms with van der Waals surface area (Å²) < 4.78 is 53.4. The number of halogens is 4. The molecule has 0 bridgehead atoms. The Morgan fingerprint density at radius 2 is 1.49 bits per heavy atom. The number of ether oxygens (including phenoxy) is 3. The Labute approximate surface area is 244 Å². The number of rotatable bonds is 9. The molecule has 3 N–H and O–H groups in total. The highest BCUT2D eigenvalue weighted by molar-refractivity contribution is 9.10. The van der Waals surface area contributed by atoms with Crippen molar-refractivity contribution in [2.45, 2.75) is 83.7 Å². The van der Waals surface area contributed by atoms with Crippen LogP contribution >= 0.6 is 15.9 Å². The van der Waals surface area contributed by atoms with Crippen molar-refractivity contribution in [2.75, 3.05) is 0 Å². The van der Waals surface area contributed by atoms with Crippen LogP contribution in [0, 0.1) is 0 Å². The largest absolute Gasteiger partial charge is 0.573 e. The van der Waals surface area contributed by atoms with Crippen molar-refractivity contribution in [3.05, 3.63) is 64.1 Å². The number of benzene rings is 2. The van der Waals surface area contributed by atoms with Gasteiger partial charge in [0.25, 0.3) is 5.91 Å². The maximum absolute atomic E-state index is 13.3. The van der Waals surface area contributed by atoms with E-state index in [0.29, 0.717) is 5.56 Å². The first-order chi connectivity index (χ1) is 18.7. The molecule has 0 aliphatic carbocycles. The highest BCUT2D eigenvalue weighted by atomic mass is 79.9. The Hall–Kier alpha value is -3.32. The van der Waals surface area contributed by atoms with E-state index in [0.717, 1.165) is 6.07 Å². The molecule has 2 aromatic rings. The molecule has 226 valence electrons. The van der Waals surface area contributed by atoms with Crippen LogP contribution < -0.4 is 15.4 Å². The number of hydrogen-bond donors (Lipinski definition) is 3. The molecule has 3 atom stereocenters. The first-order valence-electron chi connectivity index (χ1n) is 12.5. The number of alkyl carbamates (subject to hydrolysis) is 1. The minimum Gasteiger partial charge on any atom is -0.458 e. The molecule has 0 spiro atoms. The second kappa shape index (κ2) is 13.6. The van der Waals surface area contributed by atoms with Crippen molar-refractivity contribution in [3.63, 3.8) is 0 Å². The maximum atomic E-state index is 13.3. The van der Waals surface area contributed by atoms with Gasteiger partial charge in [-0.25, -0.2) is 9.59 Å². The molecule has 41 heavy (non-hydrogen) atoms. The summed E-state index contributed by atoms with van der Waals surface area (Å²) in [5.41, 5.74) is -1.32. The van der Waals surface area contributed by atoms with Gasteiger partial charge in [-0.15, -0.1) is 13.2 Å². The average molecular weight is 647 g/mol. The van der Waals surface area contributed by atoms with Gasteiger partial charge in [0.15, 0.2) is 12.1 Å². The number of esters is 1. The number of carbonyl (C=O) groups excluding carboxylic acids is 3. The molecule has 2 aromatic carbocycles. The van der Waals surface area contributed by atoms with Crippen LogP contribution in [-0.2, 0) is 25.5 Å². The van der Waals surface area contributed by atoms with Crippen LogP contribution in [0.2, 0.25) is 0 Å². The van der Waals surface area contributed by atoms with Crippen LogP contribution in [0.4, 0.5) is 18.0 Å². The minimum atomic E-state index is -5.03. The van der Waals surface area contributed by atoms with Gasteiger partial charge >= 0.3 is 18.4 Å². The Bertz CT molecular complexity index is 1210. The summed E-state index contributed by atoms with van der Waals surface area (Å²) >= 11 is 2.97. The van der Waals surface area contributed by atoms with E-state index >= 15 is 0 Å². The van der Waals surface area contributed by atoms with Crippen molar-refractivity contribution in [1.29, 1.82) is 0 Å². The summed E-state index contributed by atoms with van der Waals surface area (Å²) in [6.07, 6.45) is -7.82. The third-order valence-electron chi connectivity index (χ3n) is 5.09. The van der Waals surface area contributed by atoms with Crippen molar-refractivity contribution in [1.82, 2.24) is 10.6 Å². The van der Waals surface area contributed by atoms with Gasteiger partial charge in [0.05, 0.1) is 10.5 Å². The quantitative estimate of drug-likeness (QED) is 0.314. The van der Waals surface area contributed by atoms with E-state index < -0.39 is 59.5 Å². The summed E-state index contributed by atoms with van der Waals surface area (Å²) in [6, 6.07) is 9.25. The lowest BCUT2D eigenvalue weighted by molar-refractivity contribution is -0.274. The molecule has 0 radical (unpaired) electrons. The fourth-order valence-corrected chi connectivity index (χ4v) is 3.85. The fourth-order valence-electron chi connectivity index (χ4n) is 3.52. The van der Waals surface area contributed by atoms with Crippen molar-refractivity contribution in [3.8, 4) is 5.75 Å². The standard InChI is InChI=1S/C28H34BrF3N2O7/c1-26(2,3)40-24(37)21(17-12-13-18(29)20(15-17)39-28(30,31)32)34-23(36)22(35)19(14-16-10-8-7-9-11-16)33-25(38)41-27(4,5)6/h7-13,15,19,21-22,35H,14H2,1-6H3,(H,33,38)(H,34,36)/t19-,21+,22+/m1/s1. The topological polar surface area (TPSA) is 123 Å². The van der Waals surface area contributed by atoms with Crippen LogP contribution in [-0.4, -0.2) is 52.8 Å². The number of carbonyl (C=O) groups is 3. The van der Waals surface area contributed by atoms with Gasteiger partial charge < -0.3 is 30.0 Å². The van der Waals surface area contributed by atoms with Crippen LogP contribution in [0.1, 0.15) is 58.7 Å². The lowest BCUT2D eigenvalue weighted by Gasteiger charge is -2.29. The van der Waals surface area contributed by atoms with Crippen LogP contribution in [0.5, 0.6) is 5.75 Å². The normalized spacial score (nSPS) is 14.3. The molecule has 13 heteroatoms. The predicted octanol–water partition coefficient (Wildman–Crippen LogP) is 5.34. The van der Waals surface area contributed by atoms with Crippen LogP contribution in [0.25, 0.3) is 0 Å². The summed E-state index contributed by atoms with van der Waals surface area (Å²) in [6.45, 7) is 9.63. The zero-order valence-corrected chi connectivity index (χ0v) is 25.1. The number of hydrogen-bond acceptors (Lipinski definition) is 7. The first-order valence-corrected chi connectivity index (χ1v) is 13.3. The van der Waals surface area contributed by atoms with E-state index in [9.17, 15) is 32.7 Å². The average Bonchev–Trinajstić information content (AvgIpc) is 2.80. The molecular formula is C28H34BrF3N2O7. The molecule has 0 fully saturated rings. The highest BCUT2D eigenvalue weighted by Gasteiger charge is 2.36. The summed E-state index contributed by atoms with van der Waals surface area (Å²) in [4.78, 5) is 38.9. The second-order valence-corrected chi connectivity index (χ2v) is 12.0. The Morgan fingerprint density at radius 1 is 0.902 bits per heavy atom.